The van der Waals surface area contributed by atoms with Gasteiger partial charge in [-0.05, 0) is 48.6 Å². The predicted molar refractivity (Wildman–Crippen MR) is 191 cm³/mol. The van der Waals surface area contributed by atoms with Gasteiger partial charge >= 0.3 is 0 Å². The molecule has 24 heteroatoms. The summed E-state index contributed by atoms with van der Waals surface area (Å²) in [5.74, 6) is -35.6. The number of hydrogen-bond donors (Lipinski definition) is 2. The largest absolute Gasteiger partial charge is 0.354 e. The van der Waals surface area contributed by atoms with Crippen LogP contribution in [0.1, 0.15) is 22.8 Å². The summed E-state index contributed by atoms with van der Waals surface area (Å²) in [7, 11) is 0. The molecule has 8 bridgehead atoms. The molecule has 0 radical (unpaired) electrons. The SMILES string of the molecule is Fc1nc(F)c(F)c(-c2c3nc(c(-c4c(F)c(F)nc(F)c4F)c4ccc([nH]4)c(-c4c(F)c(F)nc(F)c4F)c4nc(c(-c5c(F)c(F)nc(F)c5F)c5ccc2[nH]5)C=C4)C=C3)c1F. The number of nitrogens with one attached hydrogen (secondary N) is 2. The summed E-state index contributed by atoms with van der Waals surface area (Å²) in [6, 6.07) is 3.22. The van der Waals surface area contributed by atoms with Crippen LogP contribution in [0.3, 0.4) is 0 Å². The minimum atomic E-state index is -2.24. The monoisotopic (exact) mass is 906 g/mol. The summed E-state index contributed by atoms with van der Waals surface area (Å²) in [4.78, 5) is 22.9. The molecular weight excluding hydrogens is 896 g/mol. The zero-order valence-electron chi connectivity index (χ0n) is 30.3. The van der Waals surface area contributed by atoms with E-state index in [1.165, 1.54) is 0 Å². The first-order chi connectivity index (χ1) is 30.4. The Kier molecular flexibility index (Phi) is 9.63. The topological polar surface area (TPSA) is 109 Å². The second-order valence-electron chi connectivity index (χ2n) is 13.3. The quantitative estimate of drug-likeness (QED) is 0.134. The van der Waals surface area contributed by atoms with E-state index in [0.29, 0.717) is 0 Å². The molecule has 0 amide bonds. The number of H-pyrrole nitrogens is 2. The average molecular weight is 907 g/mol. The highest BCUT2D eigenvalue weighted by atomic mass is 19.2. The Morgan fingerprint density at radius 3 is 0.578 bits per heavy atom. The maximum atomic E-state index is 15.7. The molecule has 0 unspecified atom stereocenters. The normalized spacial score (nSPS) is 12.2. The third-order valence-electron chi connectivity index (χ3n) is 9.74. The van der Waals surface area contributed by atoms with Gasteiger partial charge in [0, 0.05) is 44.3 Å². The molecule has 2 aliphatic heterocycles. The summed E-state index contributed by atoms with van der Waals surface area (Å²) < 4.78 is 243. The van der Waals surface area contributed by atoms with Crippen molar-refractivity contribution in [2.24, 2.45) is 0 Å². The molecule has 0 fully saturated rings. The molecule has 0 spiro atoms. The van der Waals surface area contributed by atoms with Crippen LogP contribution in [-0.2, 0) is 0 Å². The van der Waals surface area contributed by atoms with E-state index in [-0.39, 0.29) is 0 Å². The lowest BCUT2D eigenvalue weighted by Gasteiger charge is -2.10. The first-order valence-corrected chi connectivity index (χ1v) is 17.3. The van der Waals surface area contributed by atoms with Crippen LogP contribution in [0.15, 0.2) is 24.3 Å². The van der Waals surface area contributed by atoms with Crippen molar-refractivity contribution in [3.63, 3.8) is 0 Å². The van der Waals surface area contributed by atoms with Crippen molar-refractivity contribution in [1.29, 1.82) is 0 Å². The highest BCUT2D eigenvalue weighted by molar-refractivity contribution is 6.00. The number of fused-ring (bicyclic) bond motifs is 8. The molecule has 8 nitrogen and oxygen atoms in total. The Morgan fingerprint density at radius 2 is 0.406 bits per heavy atom. The van der Waals surface area contributed by atoms with Gasteiger partial charge in [0.2, 0.25) is 0 Å². The second-order valence-corrected chi connectivity index (χ2v) is 13.3. The Balaban J connectivity index is 1.59. The van der Waals surface area contributed by atoms with Crippen molar-refractivity contribution in [2.45, 2.75) is 0 Å². The van der Waals surface area contributed by atoms with E-state index < -0.39 is 183 Å². The van der Waals surface area contributed by atoms with Gasteiger partial charge in [-0.1, -0.05) is 0 Å². The maximum absolute atomic E-state index is 15.7. The molecule has 0 saturated heterocycles. The number of aromatic nitrogens is 8. The highest BCUT2D eigenvalue weighted by Gasteiger charge is 2.32. The molecule has 0 saturated carbocycles. The van der Waals surface area contributed by atoms with Crippen LogP contribution in [0.4, 0.5) is 70.2 Å². The van der Waals surface area contributed by atoms with E-state index in [1.54, 1.807) is 0 Å². The smallest absolute Gasteiger partial charge is 0.252 e. The number of rotatable bonds is 4. The number of aromatic amines is 2. The molecule has 7 aromatic rings. The third kappa shape index (κ3) is 6.25. The minimum Gasteiger partial charge on any atom is -0.354 e. The summed E-state index contributed by atoms with van der Waals surface area (Å²) in [5.41, 5.74) is -16.7. The minimum absolute atomic E-state index is 0.726. The van der Waals surface area contributed by atoms with Crippen molar-refractivity contribution in [3.05, 3.63) is 141 Å². The lowest BCUT2D eigenvalue weighted by molar-refractivity contribution is 0.410. The predicted octanol–water partition coefficient (Wildman–Crippen LogP) is 11.1. The average Bonchev–Trinajstić information content (AvgIpc) is 4.10. The van der Waals surface area contributed by atoms with Crippen molar-refractivity contribution >= 4 is 46.4 Å². The molecule has 9 rings (SSSR count). The molecule has 64 heavy (non-hydrogen) atoms. The summed E-state index contributed by atoms with van der Waals surface area (Å²) in [6.07, 6.45) is 3.11. The molecule has 2 N–H and O–H groups in total. The molecular formula is C40H10F16N8. The van der Waals surface area contributed by atoms with Crippen molar-refractivity contribution in [1.82, 2.24) is 39.9 Å². The highest BCUT2D eigenvalue weighted by Crippen LogP contribution is 2.43. The maximum Gasteiger partial charge on any atom is 0.252 e. The lowest BCUT2D eigenvalue weighted by atomic mass is 10.0. The van der Waals surface area contributed by atoms with E-state index >= 15 is 35.1 Å². The van der Waals surface area contributed by atoms with Crippen LogP contribution >= 0.6 is 0 Å². The Hall–Kier alpha value is -7.92. The fourth-order valence-corrected chi connectivity index (χ4v) is 7.08. The molecule has 0 aromatic carbocycles. The molecule has 0 aliphatic carbocycles. The van der Waals surface area contributed by atoms with Gasteiger partial charge in [-0.15, -0.1) is 0 Å². The standard InChI is InChI=1S/C40H10F16N8/c41-25-21(26(42)34(50)61-33(25)49)17-9-1-2-10(57-9)18(22-27(43)35(51)62-36(52)28(22)44)12-5-6-14(59-12)20(24-31(47)39(55)64-40(56)32(24)48)16-8-7-15(60-16)19(13-4-3-11(17)58-13)23-29(45)37(53)63-38(54)30(23)46/h1-8,57,60H. The van der Waals surface area contributed by atoms with Gasteiger partial charge in [-0.2, -0.15) is 55.1 Å². The van der Waals surface area contributed by atoms with Gasteiger partial charge in [0.15, 0.2) is 46.5 Å². The molecule has 0 atom stereocenters. The third-order valence-corrected chi connectivity index (χ3v) is 9.74. The van der Waals surface area contributed by atoms with E-state index in [1.807, 2.05) is 0 Å². The van der Waals surface area contributed by atoms with E-state index in [2.05, 4.69) is 39.9 Å². The fourth-order valence-electron chi connectivity index (χ4n) is 7.08. The van der Waals surface area contributed by atoms with E-state index in [0.717, 1.165) is 48.6 Å². The van der Waals surface area contributed by atoms with Gasteiger partial charge in [0.05, 0.1) is 45.0 Å². The molecule has 9 heterocycles. The molecule has 7 aromatic heterocycles. The number of hydrogen-bond acceptors (Lipinski definition) is 6. The summed E-state index contributed by atoms with van der Waals surface area (Å²) in [6.45, 7) is 0. The summed E-state index contributed by atoms with van der Waals surface area (Å²) >= 11 is 0. The van der Waals surface area contributed by atoms with Gasteiger partial charge in [-0.3, -0.25) is 0 Å². The van der Waals surface area contributed by atoms with Crippen LogP contribution in [-0.4, -0.2) is 39.9 Å². The van der Waals surface area contributed by atoms with Crippen LogP contribution in [0, 0.1) is 94.1 Å². The lowest BCUT2D eigenvalue weighted by Crippen LogP contribution is -2.05. The summed E-state index contributed by atoms with van der Waals surface area (Å²) in [5, 5.41) is 0. The number of nitrogens with zero attached hydrogens (tertiary/aromatic N) is 6. The number of halogens is 16. The Bertz CT molecular complexity index is 2940. The molecule has 322 valence electrons. The Morgan fingerprint density at radius 1 is 0.234 bits per heavy atom. The van der Waals surface area contributed by atoms with Crippen LogP contribution in [0.2, 0.25) is 0 Å². The zero-order chi connectivity index (χ0) is 45.8. The zero-order valence-corrected chi connectivity index (χ0v) is 30.3. The molecule has 2 aliphatic rings. The van der Waals surface area contributed by atoms with Gasteiger partial charge < -0.3 is 9.97 Å². The Labute approximate surface area is 342 Å². The van der Waals surface area contributed by atoms with Gasteiger partial charge in [-0.25, -0.2) is 45.1 Å². The van der Waals surface area contributed by atoms with Crippen molar-refractivity contribution in [3.8, 4) is 44.5 Å². The van der Waals surface area contributed by atoms with Crippen molar-refractivity contribution < 1.29 is 70.2 Å². The van der Waals surface area contributed by atoms with E-state index in [4.69, 9.17) is 0 Å². The first kappa shape index (κ1) is 41.4. The van der Waals surface area contributed by atoms with E-state index in [9.17, 15) is 35.1 Å². The van der Waals surface area contributed by atoms with Gasteiger partial charge in [0.1, 0.15) is 0 Å². The number of pyridine rings is 4. The van der Waals surface area contributed by atoms with Crippen LogP contribution < -0.4 is 0 Å². The van der Waals surface area contributed by atoms with Crippen LogP contribution in [0.25, 0.3) is 90.9 Å². The fraction of sp³-hybridized carbons (Fsp3) is 0. The second kappa shape index (κ2) is 14.9. The van der Waals surface area contributed by atoms with Crippen molar-refractivity contribution in [2.75, 3.05) is 0 Å². The van der Waals surface area contributed by atoms with Gasteiger partial charge in [0.25, 0.3) is 47.6 Å². The van der Waals surface area contributed by atoms with Crippen LogP contribution in [0.5, 0.6) is 0 Å². The first-order valence-electron chi connectivity index (χ1n) is 17.3.